The van der Waals surface area contributed by atoms with Crippen LogP contribution >= 0.6 is 31.9 Å². The molecule has 0 N–H and O–H groups in total. The van der Waals surface area contributed by atoms with Crippen molar-refractivity contribution < 1.29 is 33.3 Å². The van der Waals surface area contributed by atoms with E-state index in [0.29, 0.717) is 63.2 Å². The molecule has 51 heavy (non-hydrogen) atoms. The molecule has 268 valence electrons. The molecule has 0 fully saturated rings. The van der Waals surface area contributed by atoms with Crippen molar-refractivity contribution in [3.8, 4) is 46.0 Å². The lowest BCUT2D eigenvalue weighted by molar-refractivity contribution is -0.385. The van der Waals surface area contributed by atoms with E-state index in [1.54, 1.807) is 21.3 Å². The molecule has 0 unspecified atom stereocenters. The predicted molar refractivity (Wildman–Crippen MR) is 200 cm³/mol. The number of hydrogen-bond acceptors (Lipinski definition) is 10. The van der Waals surface area contributed by atoms with Gasteiger partial charge in [-0.3, -0.25) is 19.9 Å². The topological polar surface area (TPSA) is 105 Å². The van der Waals surface area contributed by atoms with E-state index in [1.165, 1.54) is 18.7 Å². The van der Waals surface area contributed by atoms with Gasteiger partial charge < -0.3 is 28.4 Å². The highest BCUT2D eigenvalue weighted by atomic mass is 79.9. The van der Waals surface area contributed by atoms with Crippen molar-refractivity contribution in [2.75, 3.05) is 55.6 Å². The third-order valence-corrected chi connectivity index (χ3v) is 12.0. The number of rotatable bonds is 5. The molecule has 4 heterocycles. The molecule has 0 radical (unpaired) electrons. The molecule has 0 saturated heterocycles. The number of fused-ring (bicyclic) bond motifs is 2. The minimum atomic E-state index is -0.392. The highest BCUT2D eigenvalue weighted by Crippen LogP contribution is 2.56. The summed E-state index contributed by atoms with van der Waals surface area (Å²) in [4.78, 5) is 16.8. The lowest BCUT2D eigenvalue weighted by atomic mass is 9.86. The fraction of sp³-hybridized carbons (Fsp3) is 0.368. The number of likely N-dealkylation sites (N-methyl/N-ethyl adjacent to an activating group) is 2. The first-order valence-electron chi connectivity index (χ1n) is 16.6. The van der Waals surface area contributed by atoms with Gasteiger partial charge in [0.1, 0.15) is 5.75 Å². The Labute approximate surface area is 313 Å². The van der Waals surface area contributed by atoms with Gasteiger partial charge in [-0.25, -0.2) is 0 Å². The first-order chi connectivity index (χ1) is 24.6. The fourth-order valence-corrected chi connectivity index (χ4v) is 9.02. The van der Waals surface area contributed by atoms with Crippen LogP contribution in [0.2, 0.25) is 0 Å². The van der Waals surface area contributed by atoms with E-state index in [9.17, 15) is 10.1 Å². The number of nitro groups is 1. The van der Waals surface area contributed by atoms with Gasteiger partial charge >= 0.3 is 0 Å². The van der Waals surface area contributed by atoms with Crippen LogP contribution in [0.4, 0.5) is 5.69 Å². The summed E-state index contributed by atoms with van der Waals surface area (Å²) >= 11 is 7.56. The molecule has 0 saturated carbocycles. The Morgan fingerprint density at radius 1 is 0.765 bits per heavy atom. The second kappa shape index (κ2) is 14.2. The fourth-order valence-electron chi connectivity index (χ4n) is 7.62. The van der Waals surface area contributed by atoms with Crippen LogP contribution in [0.1, 0.15) is 45.5 Å². The van der Waals surface area contributed by atoms with E-state index < -0.39 is 6.04 Å². The van der Waals surface area contributed by atoms with Gasteiger partial charge in [0.25, 0.3) is 5.69 Å². The molecule has 0 aromatic heterocycles. The summed E-state index contributed by atoms with van der Waals surface area (Å²) in [6, 6.07) is 13.2. The zero-order valence-corrected chi connectivity index (χ0v) is 32.5. The molecule has 4 aliphatic heterocycles. The number of hydrogen-bond donors (Lipinski definition) is 0. The van der Waals surface area contributed by atoms with Gasteiger partial charge in [0.05, 0.1) is 48.4 Å². The van der Waals surface area contributed by atoms with E-state index in [4.69, 9.17) is 28.4 Å². The van der Waals surface area contributed by atoms with E-state index in [1.807, 2.05) is 19.2 Å². The Hall–Kier alpha value is -4.04. The lowest BCUT2D eigenvalue weighted by Gasteiger charge is -2.38. The largest absolute Gasteiger partial charge is 0.493 e. The van der Waals surface area contributed by atoms with Crippen LogP contribution in [0.15, 0.2) is 51.4 Å². The first kappa shape index (κ1) is 35.4. The highest BCUT2D eigenvalue weighted by molar-refractivity contribution is 9.11. The summed E-state index contributed by atoms with van der Waals surface area (Å²) in [6.07, 6.45) is 2.52. The number of nitro benzene ring substituents is 1. The first-order valence-corrected chi connectivity index (χ1v) is 18.2. The minimum Gasteiger partial charge on any atom is -0.493 e. The Balaban J connectivity index is 1.54. The third-order valence-electron chi connectivity index (χ3n) is 10.3. The maximum absolute atomic E-state index is 12.7. The van der Waals surface area contributed by atoms with Crippen LogP contribution in [0, 0.1) is 10.1 Å². The molecule has 0 amide bonds. The SMILES string of the molecule is COc1cc2c3cc1Oc1c(OC)c(OC)c(Br)c4c1[C@H](Cc1c([N+](=O)[O-])cc(OC)c(c1Br)Oc1ccc(cc1)C[C@@H]3N(C)CC2)N(C)CC4. The summed E-state index contributed by atoms with van der Waals surface area (Å²) in [6.45, 7) is 1.58. The maximum atomic E-state index is 12.7. The normalized spacial score (nSPS) is 18.4. The smallest absolute Gasteiger partial charge is 0.277 e. The Morgan fingerprint density at radius 2 is 1.45 bits per heavy atom. The zero-order valence-electron chi connectivity index (χ0n) is 29.3. The molecule has 4 aromatic carbocycles. The number of halogens is 2. The van der Waals surface area contributed by atoms with Gasteiger partial charge in [-0.1, -0.05) is 12.1 Å². The van der Waals surface area contributed by atoms with Crippen molar-refractivity contribution in [3.05, 3.63) is 94.9 Å². The van der Waals surface area contributed by atoms with Gasteiger partial charge in [-0.15, -0.1) is 0 Å². The minimum absolute atomic E-state index is 0.0771. The number of benzene rings is 4. The summed E-state index contributed by atoms with van der Waals surface area (Å²) in [5.74, 6) is 3.68. The van der Waals surface area contributed by atoms with Crippen LogP contribution in [-0.4, -0.2) is 70.3 Å². The van der Waals surface area contributed by atoms with Crippen LogP contribution in [0.25, 0.3) is 0 Å². The van der Waals surface area contributed by atoms with Crippen molar-refractivity contribution in [1.82, 2.24) is 9.80 Å². The monoisotopic (exact) mass is 823 g/mol. The summed E-state index contributed by atoms with van der Waals surface area (Å²) in [7, 11) is 10.5. The molecule has 13 heteroatoms. The molecule has 0 spiro atoms. The van der Waals surface area contributed by atoms with Gasteiger partial charge in [0, 0.05) is 42.7 Å². The van der Waals surface area contributed by atoms with Gasteiger partial charge in [-0.05, 0) is 112 Å². The number of methoxy groups -OCH3 is 4. The quantitative estimate of drug-likeness (QED) is 0.144. The molecule has 8 rings (SSSR count). The number of ether oxygens (including phenoxy) is 6. The second-order valence-electron chi connectivity index (χ2n) is 13.0. The lowest BCUT2D eigenvalue weighted by Crippen LogP contribution is -2.34. The molecule has 4 aliphatic rings. The average molecular weight is 826 g/mol. The average Bonchev–Trinajstić information content (AvgIpc) is 3.12. The Kier molecular flexibility index (Phi) is 9.83. The molecule has 2 atom stereocenters. The molecule has 4 aromatic rings. The van der Waals surface area contributed by atoms with Gasteiger partial charge in [0.2, 0.25) is 5.75 Å². The van der Waals surface area contributed by atoms with E-state index in [2.05, 4.69) is 73.0 Å². The van der Waals surface area contributed by atoms with Gasteiger partial charge in [-0.2, -0.15) is 0 Å². The summed E-state index contributed by atoms with van der Waals surface area (Å²) < 4.78 is 38.3. The molecular weight excluding hydrogens is 786 g/mol. The Morgan fingerprint density at radius 3 is 2.12 bits per heavy atom. The van der Waals surface area contributed by atoms with Crippen molar-refractivity contribution in [3.63, 3.8) is 0 Å². The van der Waals surface area contributed by atoms with Crippen molar-refractivity contribution in [1.29, 1.82) is 0 Å². The number of nitrogens with zero attached hydrogens (tertiary/aromatic N) is 3. The van der Waals surface area contributed by atoms with Crippen LogP contribution in [0.5, 0.6) is 46.0 Å². The zero-order chi connectivity index (χ0) is 36.1. The third kappa shape index (κ3) is 6.17. The van der Waals surface area contributed by atoms with E-state index >= 15 is 0 Å². The highest BCUT2D eigenvalue weighted by Gasteiger charge is 2.39. The van der Waals surface area contributed by atoms with E-state index in [-0.39, 0.29) is 28.8 Å². The van der Waals surface area contributed by atoms with Crippen LogP contribution in [0.3, 0.4) is 0 Å². The van der Waals surface area contributed by atoms with Crippen molar-refractivity contribution >= 4 is 37.5 Å². The van der Waals surface area contributed by atoms with Crippen LogP contribution < -0.4 is 28.4 Å². The van der Waals surface area contributed by atoms with E-state index in [0.717, 1.165) is 46.1 Å². The summed E-state index contributed by atoms with van der Waals surface area (Å²) in [5, 5.41) is 12.7. The standard InChI is InChI=1S/C38H39Br2N3O8/c1-41-13-11-21-16-29(46-3)30-18-24(21)26(41)15-20-7-9-22(10-8-20)50-35-31(47-4)19-27(43(44)45)25(34(35)40)17-28-32-23(12-14-42(28)2)33(39)37(48-5)38(49-6)36(32)51-30/h7-10,16,18-19,26,28H,11-15,17H2,1-6H3/t26-,28-/m0/s1. The predicted octanol–water partition coefficient (Wildman–Crippen LogP) is 8.60. The molecular formula is C38H39Br2N3O8. The van der Waals surface area contributed by atoms with Gasteiger partial charge in [0.15, 0.2) is 34.5 Å². The summed E-state index contributed by atoms with van der Waals surface area (Å²) in [5.41, 5.74) is 5.65. The Bertz CT molecular complexity index is 2020. The maximum Gasteiger partial charge on any atom is 0.277 e. The second-order valence-corrected chi connectivity index (χ2v) is 14.6. The van der Waals surface area contributed by atoms with Crippen LogP contribution in [-0.2, 0) is 25.7 Å². The molecule has 11 nitrogen and oxygen atoms in total. The van der Waals surface area contributed by atoms with Crippen molar-refractivity contribution in [2.45, 2.75) is 37.8 Å². The molecule has 6 bridgehead atoms. The van der Waals surface area contributed by atoms with Crippen molar-refractivity contribution in [2.24, 2.45) is 0 Å². The molecule has 0 aliphatic carbocycles.